The number of azide groups is 1. The minimum Gasteiger partial charge on any atom is -0.445 e. The Balaban J connectivity index is 1.13. The van der Waals surface area contributed by atoms with Crippen LogP contribution in [0, 0.1) is 40.9 Å². The van der Waals surface area contributed by atoms with Crippen LogP contribution in [0.4, 0.5) is 4.79 Å². The van der Waals surface area contributed by atoms with Gasteiger partial charge in [-0.15, -0.1) is 0 Å². The van der Waals surface area contributed by atoms with Gasteiger partial charge in [0.05, 0.1) is 17.7 Å². The first-order valence-corrected chi connectivity index (χ1v) is 16.6. The van der Waals surface area contributed by atoms with Gasteiger partial charge in [-0.3, -0.25) is 0 Å². The highest BCUT2D eigenvalue weighted by atomic mass is 16.6. The number of amides is 1. The van der Waals surface area contributed by atoms with Gasteiger partial charge in [-0.05, 0) is 116 Å². The van der Waals surface area contributed by atoms with E-state index < -0.39 is 0 Å². The number of rotatable bonds is 3. The maximum atomic E-state index is 13.6. The molecule has 7 rings (SSSR count). The molecule has 2 saturated heterocycles. The van der Waals surface area contributed by atoms with Crippen LogP contribution in [-0.2, 0) is 16.1 Å². The Labute approximate surface area is 251 Å². The third-order valence-electron chi connectivity index (χ3n) is 13.2. The molecule has 11 atom stereocenters. The molecule has 0 aromatic heterocycles. The average Bonchev–Trinajstić information content (AvgIpc) is 3.51. The third-order valence-corrected chi connectivity index (χ3v) is 13.2. The van der Waals surface area contributed by atoms with E-state index in [9.17, 15) is 4.79 Å². The largest absolute Gasteiger partial charge is 0.445 e. The molecule has 226 valence electrons. The van der Waals surface area contributed by atoms with E-state index in [0.717, 1.165) is 49.6 Å². The molecule has 42 heavy (non-hydrogen) atoms. The zero-order chi connectivity index (χ0) is 29.2. The van der Waals surface area contributed by atoms with E-state index in [1.165, 1.54) is 37.7 Å². The van der Waals surface area contributed by atoms with Crippen molar-refractivity contribution in [1.82, 2.24) is 4.90 Å². The number of benzene rings is 1. The summed E-state index contributed by atoms with van der Waals surface area (Å²) in [5, 5.41) is 4.14. The van der Waals surface area contributed by atoms with Crippen LogP contribution in [-0.4, -0.2) is 41.3 Å². The maximum absolute atomic E-state index is 13.6. The molecule has 0 radical (unpaired) electrons. The molecule has 5 unspecified atom stereocenters. The molecular weight excluding hydrogens is 524 g/mol. The lowest BCUT2D eigenvalue weighted by atomic mass is 9.52. The molecule has 1 aromatic rings. The monoisotopic (exact) mass is 572 g/mol. The third kappa shape index (κ3) is 4.32. The number of ether oxygens (including phenoxy) is 2. The molecule has 7 heteroatoms. The minimum absolute atomic E-state index is 0.0538. The maximum Gasteiger partial charge on any atom is 0.410 e. The Bertz CT molecular complexity index is 1290. The van der Waals surface area contributed by atoms with Crippen molar-refractivity contribution >= 4 is 6.09 Å². The number of fused-ring (bicyclic) bond motifs is 6. The smallest absolute Gasteiger partial charge is 0.410 e. The Morgan fingerprint density at radius 3 is 2.74 bits per heavy atom. The molecule has 4 aliphatic carbocycles. The highest BCUT2D eigenvalue weighted by Crippen LogP contribution is 2.66. The van der Waals surface area contributed by atoms with E-state index >= 15 is 0 Å². The van der Waals surface area contributed by atoms with Gasteiger partial charge in [0, 0.05) is 23.4 Å². The Morgan fingerprint density at radius 1 is 1.14 bits per heavy atom. The van der Waals surface area contributed by atoms with Gasteiger partial charge in [0.1, 0.15) is 6.61 Å². The van der Waals surface area contributed by atoms with E-state index in [1.807, 2.05) is 35.2 Å². The van der Waals surface area contributed by atoms with Crippen LogP contribution in [0.1, 0.15) is 91.0 Å². The van der Waals surface area contributed by atoms with Gasteiger partial charge in [-0.25, -0.2) is 4.79 Å². The normalized spacial score (nSPS) is 44.1. The fourth-order valence-corrected chi connectivity index (χ4v) is 11.1. The second-order valence-corrected chi connectivity index (χ2v) is 15.0. The molecule has 3 saturated carbocycles. The number of allylic oxidation sites excluding steroid dienone is 1. The number of hydrogen-bond donors (Lipinski definition) is 0. The molecular formula is C35H48N4O3. The van der Waals surface area contributed by atoms with Gasteiger partial charge in [-0.1, -0.05) is 61.8 Å². The lowest BCUT2D eigenvalue weighted by molar-refractivity contribution is -0.0665. The summed E-state index contributed by atoms with van der Waals surface area (Å²) in [7, 11) is 0. The standard InChI is InChI=1S/C35H48N4O3/c1-21-16-31-32(39(19-21)33(40)41-20-24-8-6-5-7-9-24)23(3)35(42-31)15-13-27-28-11-10-25-17-26(37-38-36)12-14-34(25,4)30(28)18-29(27)22(35)2/h5-9,21,23,25-28,30-32H,10-20H2,1-4H3/t21?,23-,25-,26?,27+,28?,30+,31-,32?,34?,35-/m1/s1. The van der Waals surface area contributed by atoms with Crippen molar-refractivity contribution in [3.8, 4) is 0 Å². The summed E-state index contributed by atoms with van der Waals surface area (Å²) >= 11 is 0. The Hall–Kier alpha value is -2.50. The van der Waals surface area contributed by atoms with Gasteiger partial charge < -0.3 is 14.4 Å². The summed E-state index contributed by atoms with van der Waals surface area (Å²) in [5.74, 6) is 3.45. The summed E-state index contributed by atoms with van der Waals surface area (Å²) < 4.78 is 13.1. The first-order chi connectivity index (χ1) is 20.2. The van der Waals surface area contributed by atoms with Crippen LogP contribution in [0.3, 0.4) is 0 Å². The lowest BCUT2D eigenvalue weighted by Crippen LogP contribution is -2.54. The second kappa shape index (κ2) is 10.6. The number of carbonyl (C=O) groups is 1. The predicted molar refractivity (Wildman–Crippen MR) is 162 cm³/mol. The van der Waals surface area contributed by atoms with Crippen molar-refractivity contribution in [3.05, 3.63) is 57.5 Å². The number of nitrogens with zero attached hydrogens (tertiary/aromatic N) is 4. The average molecular weight is 573 g/mol. The van der Waals surface area contributed by atoms with Gasteiger partial charge in [0.15, 0.2) is 0 Å². The van der Waals surface area contributed by atoms with Crippen LogP contribution >= 0.6 is 0 Å². The number of hydrogen-bond acceptors (Lipinski definition) is 4. The van der Waals surface area contributed by atoms with Crippen molar-refractivity contribution in [3.63, 3.8) is 0 Å². The molecule has 1 amide bonds. The molecule has 2 heterocycles. The Kier molecular flexibility index (Phi) is 7.13. The van der Waals surface area contributed by atoms with Gasteiger partial charge in [-0.2, -0.15) is 0 Å². The molecule has 0 N–H and O–H groups in total. The zero-order valence-electron chi connectivity index (χ0n) is 25.9. The van der Waals surface area contributed by atoms with E-state index in [2.05, 4.69) is 37.7 Å². The van der Waals surface area contributed by atoms with E-state index in [-0.39, 0.29) is 35.8 Å². The van der Waals surface area contributed by atoms with Crippen molar-refractivity contribution in [2.75, 3.05) is 6.54 Å². The molecule has 6 aliphatic rings. The summed E-state index contributed by atoms with van der Waals surface area (Å²) in [6.07, 6.45) is 10.2. The first-order valence-electron chi connectivity index (χ1n) is 16.6. The SMILES string of the molecule is CC1=C2C[C@H]3C(CC[C@@H]4CC(N=[N+]=[N-])CCC43C)[C@@H]2CC[C@@]12O[C@@H]1CC(C)CN(C(=O)OCc3ccccc3)C1[C@H]2C. The van der Waals surface area contributed by atoms with Crippen molar-refractivity contribution in [2.45, 2.75) is 116 Å². The molecule has 5 fully saturated rings. The van der Waals surface area contributed by atoms with E-state index in [1.54, 1.807) is 5.57 Å². The molecule has 1 aromatic carbocycles. The van der Waals surface area contributed by atoms with Crippen molar-refractivity contribution in [1.29, 1.82) is 0 Å². The number of piperidine rings is 1. The lowest BCUT2D eigenvalue weighted by Gasteiger charge is -2.53. The van der Waals surface area contributed by atoms with Crippen LogP contribution in [0.2, 0.25) is 0 Å². The van der Waals surface area contributed by atoms with E-state index in [0.29, 0.717) is 29.8 Å². The molecule has 0 bridgehead atoms. The summed E-state index contributed by atoms with van der Waals surface area (Å²) in [4.78, 5) is 18.7. The summed E-state index contributed by atoms with van der Waals surface area (Å²) in [5.41, 5.74) is 13.3. The Morgan fingerprint density at radius 2 is 1.95 bits per heavy atom. The topological polar surface area (TPSA) is 87.5 Å². The van der Waals surface area contributed by atoms with Crippen LogP contribution in [0.25, 0.3) is 10.4 Å². The van der Waals surface area contributed by atoms with Gasteiger partial charge in [0.25, 0.3) is 0 Å². The fraction of sp³-hybridized carbons (Fsp3) is 0.743. The van der Waals surface area contributed by atoms with Crippen LogP contribution in [0.15, 0.2) is 46.6 Å². The number of carbonyl (C=O) groups excluding carboxylic acids is 1. The molecule has 2 aliphatic heterocycles. The molecule has 7 nitrogen and oxygen atoms in total. The molecule has 1 spiro atoms. The van der Waals surface area contributed by atoms with Crippen LogP contribution < -0.4 is 0 Å². The zero-order valence-corrected chi connectivity index (χ0v) is 25.9. The van der Waals surface area contributed by atoms with Gasteiger partial charge in [0.2, 0.25) is 0 Å². The minimum atomic E-state index is -0.282. The summed E-state index contributed by atoms with van der Waals surface area (Å²) in [6.45, 7) is 10.6. The van der Waals surface area contributed by atoms with E-state index in [4.69, 9.17) is 15.0 Å². The fourth-order valence-electron chi connectivity index (χ4n) is 11.1. The predicted octanol–water partition coefficient (Wildman–Crippen LogP) is 8.45. The highest BCUT2D eigenvalue weighted by molar-refractivity contribution is 5.68. The highest BCUT2D eigenvalue weighted by Gasteiger charge is 2.63. The van der Waals surface area contributed by atoms with Gasteiger partial charge >= 0.3 is 6.09 Å². The summed E-state index contributed by atoms with van der Waals surface area (Å²) in [6, 6.07) is 10.2. The second-order valence-electron chi connectivity index (χ2n) is 15.0. The van der Waals surface area contributed by atoms with Crippen molar-refractivity contribution < 1.29 is 14.3 Å². The van der Waals surface area contributed by atoms with Crippen molar-refractivity contribution in [2.24, 2.45) is 46.0 Å². The quantitative estimate of drug-likeness (QED) is 0.158. The van der Waals surface area contributed by atoms with Crippen LogP contribution in [0.5, 0.6) is 0 Å². The number of likely N-dealkylation sites (tertiary alicyclic amines) is 1. The first kappa shape index (κ1) is 28.3.